The van der Waals surface area contributed by atoms with Crippen LogP contribution in [0.4, 0.5) is 0 Å². The highest BCUT2D eigenvalue weighted by Crippen LogP contribution is 2.32. The number of nitrogens with one attached hydrogen (secondary N) is 1. The first-order valence-electron chi connectivity index (χ1n) is 7.46. The Labute approximate surface area is 120 Å². The number of fused-ring (bicyclic) bond motifs is 1. The SMILES string of the molecule is Clc1ccc2c(c1)CCC2NCCC1CCCCO1. The smallest absolute Gasteiger partial charge is 0.0587 e. The zero-order valence-electron chi connectivity index (χ0n) is 11.3. The van der Waals surface area contributed by atoms with E-state index in [2.05, 4.69) is 17.4 Å². The molecule has 1 aromatic rings. The minimum absolute atomic E-state index is 0.479. The third kappa shape index (κ3) is 3.31. The molecule has 0 amide bonds. The Morgan fingerprint density at radius 3 is 3.05 bits per heavy atom. The van der Waals surface area contributed by atoms with Crippen LogP contribution >= 0.6 is 11.6 Å². The lowest BCUT2D eigenvalue weighted by molar-refractivity contribution is 0.0112. The first-order valence-corrected chi connectivity index (χ1v) is 7.84. The predicted molar refractivity (Wildman–Crippen MR) is 78.7 cm³/mol. The van der Waals surface area contributed by atoms with E-state index in [4.69, 9.17) is 16.3 Å². The topological polar surface area (TPSA) is 21.3 Å². The molecule has 1 saturated heterocycles. The molecule has 1 heterocycles. The molecule has 2 nitrogen and oxygen atoms in total. The summed E-state index contributed by atoms with van der Waals surface area (Å²) in [6.45, 7) is 2.01. The molecule has 0 aromatic heterocycles. The maximum atomic E-state index is 6.04. The summed E-state index contributed by atoms with van der Waals surface area (Å²) in [5, 5.41) is 4.54. The van der Waals surface area contributed by atoms with E-state index in [1.807, 2.05) is 6.07 Å². The normalized spacial score (nSPS) is 26.4. The fraction of sp³-hybridized carbons (Fsp3) is 0.625. The van der Waals surface area contributed by atoms with Crippen LogP contribution in [0.15, 0.2) is 18.2 Å². The van der Waals surface area contributed by atoms with Crippen molar-refractivity contribution in [1.29, 1.82) is 0 Å². The molecule has 3 rings (SSSR count). The van der Waals surface area contributed by atoms with Gasteiger partial charge in [-0.1, -0.05) is 17.7 Å². The monoisotopic (exact) mass is 279 g/mol. The van der Waals surface area contributed by atoms with E-state index >= 15 is 0 Å². The van der Waals surface area contributed by atoms with Crippen LogP contribution in [-0.4, -0.2) is 19.3 Å². The molecule has 0 saturated carbocycles. The van der Waals surface area contributed by atoms with Crippen molar-refractivity contribution in [3.05, 3.63) is 34.3 Å². The molecule has 2 unspecified atom stereocenters. The van der Waals surface area contributed by atoms with Gasteiger partial charge in [0.2, 0.25) is 0 Å². The summed E-state index contributed by atoms with van der Waals surface area (Å²) in [6.07, 6.45) is 7.76. The average Bonchev–Trinajstić information content (AvgIpc) is 2.82. The molecule has 2 aliphatic rings. The van der Waals surface area contributed by atoms with Crippen LogP contribution in [0.25, 0.3) is 0 Å². The third-order valence-electron chi connectivity index (χ3n) is 4.31. The van der Waals surface area contributed by atoms with Crippen LogP contribution in [0.3, 0.4) is 0 Å². The van der Waals surface area contributed by atoms with Gasteiger partial charge >= 0.3 is 0 Å². The molecule has 1 fully saturated rings. The van der Waals surface area contributed by atoms with Crippen molar-refractivity contribution >= 4 is 11.6 Å². The van der Waals surface area contributed by atoms with E-state index in [0.29, 0.717) is 12.1 Å². The lowest BCUT2D eigenvalue weighted by Gasteiger charge is -2.23. The largest absolute Gasteiger partial charge is 0.378 e. The van der Waals surface area contributed by atoms with Gasteiger partial charge in [-0.05, 0) is 68.3 Å². The minimum atomic E-state index is 0.479. The van der Waals surface area contributed by atoms with Crippen molar-refractivity contribution < 1.29 is 4.74 Å². The standard InChI is InChI=1S/C16H22ClNO/c17-13-5-6-15-12(11-13)4-7-16(15)18-9-8-14-3-1-2-10-19-14/h5-6,11,14,16,18H,1-4,7-10H2. The van der Waals surface area contributed by atoms with Crippen LogP contribution in [0.5, 0.6) is 0 Å². The van der Waals surface area contributed by atoms with Gasteiger partial charge in [-0.2, -0.15) is 0 Å². The molecule has 104 valence electrons. The van der Waals surface area contributed by atoms with E-state index in [9.17, 15) is 0 Å². The Morgan fingerprint density at radius 1 is 1.26 bits per heavy atom. The molecule has 0 bridgehead atoms. The van der Waals surface area contributed by atoms with Crippen molar-refractivity contribution in [1.82, 2.24) is 5.32 Å². The summed E-state index contributed by atoms with van der Waals surface area (Å²) in [5.41, 5.74) is 2.85. The molecule has 3 heteroatoms. The summed E-state index contributed by atoms with van der Waals surface area (Å²) in [4.78, 5) is 0. The van der Waals surface area contributed by atoms with E-state index in [0.717, 1.165) is 31.0 Å². The molecule has 2 atom stereocenters. The number of hydrogen-bond acceptors (Lipinski definition) is 2. The number of rotatable bonds is 4. The maximum absolute atomic E-state index is 6.04. The highest BCUT2D eigenvalue weighted by molar-refractivity contribution is 6.30. The second-order valence-electron chi connectivity index (χ2n) is 5.67. The van der Waals surface area contributed by atoms with E-state index in [1.165, 1.54) is 36.8 Å². The van der Waals surface area contributed by atoms with Crippen molar-refractivity contribution in [2.75, 3.05) is 13.2 Å². The van der Waals surface area contributed by atoms with Gasteiger partial charge in [0.25, 0.3) is 0 Å². The van der Waals surface area contributed by atoms with Crippen LogP contribution in [0.1, 0.15) is 49.3 Å². The number of benzene rings is 1. The zero-order valence-corrected chi connectivity index (χ0v) is 12.1. The van der Waals surface area contributed by atoms with E-state index < -0.39 is 0 Å². The lowest BCUT2D eigenvalue weighted by atomic mass is 10.1. The Hall–Kier alpha value is -0.570. The fourth-order valence-electron chi connectivity index (χ4n) is 3.25. The van der Waals surface area contributed by atoms with E-state index in [1.54, 1.807) is 0 Å². The number of hydrogen-bond donors (Lipinski definition) is 1. The van der Waals surface area contributed by atoms with Gasteiger partial charge in [0, 0.05) is 17.7 Å². The third-order valence-corrected chi connectivity index (χ3v) is 4.55. The van der Waals surface area contributed by atoms with E-state index in [-0.39, 0.29) is 0 Å². The molecule has 0 spiro atoms. The van der Waals surface area contributed by atoms with Crippen LogP contribution in [-0.2, 0) is 11.2 Å². The number of ether oxygens (including phenoxy) is 1. The Bertz CT molecular complexity index is 429. The first kappa shape index (κ1) is 13.4. The van der Waals surface area contributed by atoms with Crippen LogP contribution < -0.4 is 5.32 Å². The van der Waals surface area contributed by atoms with Crippen LogP contribution in [0.2, 0.25) is 5.02 Å². The highest BCUT2D eigenvalue weighted by Gasteiger charge is 2.22. The molecule has 1 aromatic carbocycles. The summed E-state index contributed by atoms with van der Waals surface area (Å²) in [5.74, 6) is 0. The van der Waals surface area contributed by atoms with Crippen molar-refractivity contribution in [2.45, 2.75) is 50.7 Å². The quantitative estimate of drug-likeness (QED) is 0.903. The fourth-order valence-corrected chi connectivity index (χ4v) is 3.45. The average molecular weight is 280 g/mol. The minimum Gasteiger partial charge on any atom is -0.378 e. The Morgan fingerprint density at radius 2 is 2.21 bits per heavy atom. The first-order chi connectivity index (χ1) is 9.33. The molecule has 1 aliphatic carbocycles. The molecular weight excluding hydrogens is 258 g/mol. The van der Waals surface area contributed by atoms with Gasteiger partial charge in [-0.3, -0.25) is 0 Å². The van der Waals surface area contributed by atoms with Gasteiger partial charge in [-0.15, -0.1) is 0 Å². The molecular formula is C16H22ClNO. The summed E-state index contributed by atoms with van der Waals surface area (Å²) in [6, 6.07) is 6.81. The van der Waals surface area contributed by atoms with Gasteiger partial charge in [0.05, 0.1) is 6.10 Å². The second kappa shape index (κ2) is 6.25. The van der Waals surface area contributed by atoms with Crippen molar-refractivity contribution in [3.63, 3.8) is 0 Å². The van der Waals surface area contributed by atoms with Gasteiger partial charge in [0.15, 0.2) is 0 Å². The number of aryl methyl sites for hydroxylation is 1. The van der Waals surface area contributed by atoms with Gasteiger partial charge < -0.3 is 10.1 Å². The molecule has 1 N–H and O–H groups in total. The van der Waals surface area contributed by atoms with Gasteiger partial charge in [-0.25, -0.2) is 0 Å². The summed E-state index contributed by atoms with van der Waals surface area (Å²) >= 11 is 6.04. The Balaban J connectivity index is 1.49. The summed E-state index contributed by atoms with van der Waals surface area (Å²) in [7, 11) is 0. The maximum Gasteiger partial charge on any atom is 0.0587 e. The Kier molecular flexibility index (Phi) is 4.42. The van der Waals surface area contributed by atoms with Crippen molar-refractivity contribution in [3.8, 4) is 0 Å². The van der Waals surface area contributed by atoms with Gasteiger partial charge in [0.1, 0.15) is 0 Å². The highest BCUT2D eigenvalue weighted by atomic mass is 35.5. The molecule has 1 aliphatic heterocycles. The van der Waals surface area contributed by atoms with Crippen molar-refractivity contribution in [2.24, 2.45) is 0 Å². The number of halogens is 1. The second-order valence-corrected chi connectivity index (χ2v) is 6.10. The predicted octanol–water partition coefficient (Wildman–Crippen LogP) is 3.88. The molecule has 19 heavy (non-hydrogen) atoms. The van der Waals surface area contributed by atoms with Crippen LogP contribution in [0, 0.1) is 0 Å². The summed E-state index contributed by atoms with van der Waals surface area (Å²) < 4.78 is 5.77. The zero-order chi connectivity index (χ0) is 13.1. The molecule has 0 radical (unpaired) electrons. The lowest BCUT2D eigenvalue weighted by Crippen LogP contribution is -2.27.